The Bertz CT molecular complexity index is 548. The lowest BCUT2D eigenvalue weighted by molar-refractivity contribution is 0.0557. The first-order valence-electron chi connectivity index (χ1n) is 7.23. The fourth-order valence-electron chi connectivity index (χ4n) is 2.56. The summed E-state index contributed by atoms with van der Waals surface area (Å²) < 4.78 is 0. The first-order chi connectivity index (χ1) is 10.1. The highest BCUT2D eigenvalue weighted by molar-refractivity contribution is 5.94. The zero-order chi connectivity index (χ0) is 15.3. The van der Waals surface area contributed by atoms with E-state index in [0.29, 0.717) is 12.1 Å². The molecule has 4 nitrogen and oxygen atoms in total. The summed E-state index contributed by atoms with van der Waals surface area (Å²) in [6, 6.07) is 7.12. The van der Waals surface area contributed by atoms with Crippen molar-refractivity contribution in [3.05, 3.63) is 35.4 Å². The maximum atomic E-state index is 12.2. The van der Waals surface area contributed by atoms with Crippen molar-refractivity contribution in [1.29, 1.82) is 0 Å². The third-order valence-corrected chi connectivity index (χ3v) is 4.27. The average molecular weight is 286 g/mol. The van der Waals surface area contributed by atoms with Gasteiger partial charge in [0.1, 0.15) is 6.61 Å². The number of benzene rings is 1. The number of rotatable bonds is 4. The molecular weight excluding hydrogens is 264 g/mol. The van der Waals surface area contributed by atoms with Crippen LogP contribution in [0.1, 0.15) is 35.2 Å². The van der Waals surface area contributed by atoms with Crippen molar-refractivity contribution in [2.75, 3.05) is 27.2 Å². The average Bonchev–Trinajstić information content (AvgIpc) is 2.44. The Morgan fingerprint density at radius 3 is 2.48 bits per heavy atom. The van der Waals surface area contributed by atoms with E-state index in [1.165, 1.54) is 6.42 Å². The summed E-state index contributed by atoms with van der Waals surface area (Å²) in [7, 11) is 4.14. The zero-order valence-corrected chi connectivity index (χ0v) is 12.6. The lowest BCUT2D eigenvalue weighted by Gasteiger charge is -2.47. The summed E-state index contributed by atoms with van der Waals surface area (Å²) in [6.07, 6.45) is 3.50. The molecule has 0 saturated heterocycles. The van der Waals surface area contributed by atoms with Crippen LogP contribution in [0.4, 0.5) is 0 Å². The minimum absolute atomic E-state index is 0.0511. The molecule has 0 aliphatic heterocycles. The SMILES string of the molecule is CN(C)C1(CNC(=O)c2ccc(C#CCO)cc2)CCC1. The van der Waals surface area contributed by atoms with Crippen LogP contribution in [0.25, 0.3) is 0 Å². The van der Waals surface area contributed by atoms with Gasteiger partial charge < -0.3 is 15.3 Å². The number of likely N-dealkylation sites (N-methyl/N-ethyl adjacent to an activating group) is 1. The van der Waals surface area contributed by atoms with Gasteiger partial charge in [-0.05, 0) is 57.6 Å². The molecule has 1 fully saturated rings. The molecule has 0 spiro atoms. The standard InChI is InChI=1S/C17H22N2O2/c1-19(2)17(10-4-11-17)13-18-16(21)15-8-6-14(7-9-15)5-3-12-20/h6-9,20H,4,10-13H2,1-2H3,(H,18,21). The Morgan fingerprint density at radius 2 is 2.00 bits per heavy atom. The zero-order valence-electron chi connectivity index (χ0n) is 12.6. The lowest BCUT2D eigenvalue weighted by atomic mass is 9.75. The van der Waals surface area contributed by atoms with Crippen molar-refractivity contribution < 1.29 is 9.90 Å². The van der Waals surface area contributed by atoms with E-state index in [0.717, 1.165) is 18.4 Å². The molecule has 0 unspecified atom stereocenters. The van der Waals surface area contributed by atoms with Crippen LogP contribution in [0.3, 0.4) is 0 Å². The highest BCUT2D eigenvalue weighted by Crippen LogP contribution is 2.35. The second-order valence-electron chi connectivity index (χ2n) is 5.69. The highest BCUT2D eigenvalue weighted by atomic mass is 16.2. The summed E-state index contributed by atoms with van der Waals surface area (Å²) in [6.45, 7) is 0.528. The Kier molecular flexibility index (Phi) is 5.00. The lowest BCUT2D eigenvalue weighted by Crippen LogP contribution is -2.57. The highest BCUT2D eigenvalue weighted by Gasteiger charge is 2.39. The van der Waals surface area contributed by atoms with Crippen molar-refractivity contribution in [2.45, 2.75) is 24.8 Å². The molecule has 4 heteroatoms. The van der Waals surface area contributed by atoms with Gasteiger partial charge in [-0.3, -0.25) is 4.79 Å². The fraction of sp³-hybridized carbons (Fsp3) is 0.471. The first kappa shape index (κ1) is 15.6. The first-order valence-corrected chi connectivity index (χ1v) is 7.23. The van der Waals surface area contributed by atoms with E-state index in [4.69, 9.17) is 5.11 Å². The monoisotopic (exact) mass is 286 g/mol. The number of nitrogens with zero attached hydrogens (tertiary/aromatic N) is 1. The smallest absolute Gasteiger partial charge is 0.251 e. The number of amides is 1. The molecule has 1 aliphatic carbocycles. The van der Waals surface area contributed by atoms with Crippen LogP contribution in [-0.4, -0.2) is 48.7 Å². The molecule has 2 rings (SSSR count). The van der Waals surface area contributed by atoms with Gasteiger partial charge >= 0.3 is 0 Å². The number of carbonyl (C=O) groups is 1. The van der Waals surface area contributed by atoms with Gasteiger partial charge in [0.05, 0.1) is 0 Å². The molecule has 1 amide bonds. The van der Waals surface area contributed by atoms with Gasteiger partial charge in [0.25, 0.3) is 5.91 Å². The third-order valence-electron chi connectivity index (χ3n) is 4.27. The molecular formula is C17H22N2O2. The molecule has 1 aliphatic rings. The normalized spacial score (nSPS) is 15.8. The van der Waals surface area contributed by atoms with E-state index in [-0.39, 0.29) is 18.1 Å². The number of carbonyl (C=O) groups excluding carboxylic acids is 1. The van der Waals surface area contributed by atoms with Gasteiger partial charge in [-0.2, -0.15) is 0 Å². The minimum atomic E-state index is -0.158. The second-order valence-corrected chi connectivity index (χ2v) is 5.69. The van der Waals surface area contributed by atoms with E-state index in [2.05, 4.69) is 36.2 Å². The summed E-state index contributed by atoms with van der Waals surface area (Å²) in [5, 5.41) is 11.7. The van der Waals surface area contributed by atoms with Crippen LogP contribution >= 0.6 is 0 Å². The van der Waals surface area contributed by atoms with Crippen molar-refractivity contribution >= 4 is 5.91 Å². The van der Waals surface area contributed by atoms with Crippen LogP contribution in [0.2, 0.25) is 0 Å². The number of aliphatic hydroxyl groups is 1. The second kappa shape index (κ2) is 6.75. The van der Waals surface area contributed by atoms with Gasteiger partial charge in [-0.15, -0.1) is 0 Å². The largest absolute Gasteiger partial charge is 0.384 e. The predicted octanol–water partition coefficient (Wildman–Crippen LogP) is 1.24. The summed E-state index contributed by atoms with van der Waals surface area (Å²) in [5.41, 5.74) is 1.56. The van der Waals surface area contributed by atoms with Crippen molar-refractivity contribution in [2.24, 2.45) is 0 Å². The van der Waals surface area contributed by atoms with Gasteiger partial charge in [0.15, 0.2) is 0 Å². The molecule has 2 N–H and O–H groups in total. The summed E-state index contributed by atoms with van der Waals surface area (Å²) in [4.78, 5) is 14.4. The predicted molar refractivity (Wildman–Crippen MR) is 83.0 cm³/mol. The van der Waals surface area contributed by atoms with Crippen LogP contribution in [-0.2, 0) is 0 Å². The Hall–Kier alpha value is -1.83. The quantitative estimate of drug-likeness (QED) is 0.819. The molecule has 0 radical (unpaired) electrons. The Balaban J connectivity index is 1.94. The van der Waals surface area contributed by atoms with Crippen molar-refractivity contribution in [3.8, 4) is 11.8 Å². The van der Waals surface area contributed by atoms with Crippen molar-refractivity contribution in [1.82, 2.24) is 10.2 Å². The Labute approximate surface area is 126 Å². The molecule has 1 aromatic rings. The summed E-state index contributed by atoms with van der Waals surface area (Å²) >= 11 is 0. The van der Waals surface area contributed by atoms with Crippen LogP contribution in [0.5, 0.6) is 0 Å². The molecule has 0 bridgehead atoms. The van der Waals surface area contributed by atoms with Crippen LogP contribution in [0.15, 0.2) is 24.3 Å². The molecule has 0 atom stereocenters. The van der Waals surface area contributed by atoms with Gasteiger partial charge in [-0.25, -0.2) is 0 Å². The minimum Gasteiger partial charge on any atom is -0.384 e. The van der Waals surface area contributed by atoms with E-state index < -0.39 is 0 Å². The molecule has 0 aromatic heterocycles. The maximum Gasteiger partial charge on any atom is 0.251 e. The van der Waals surface area contributed by atoms with Gasteiger partial charge in [0, 0.05) is 23.2 Å². The number of hydrogen-bond acceptors (Lipinski definition) is 3. The number of aliphatic hydroxyl groups excluding tert-OH is 1. The summed E-state index contributed by atoms with van der Waals surface area (Å²) in [5.74, 6) is 5.35. The van der Waals surface area contributed by atoms with Crippen LogP contribution < -0.4 is 5.32 Å². The molecule has 1 aromatic carbocycles. The van der Waals surface area contributed by atoms with E-state index >= 15 is 0 Å². The third kappa shape index (κ3) is 3.63. The number of hydrogen-bond donors (Lipinski definition) is 2. The van der Waals surface area contributed by atoms with E-state index in [9.17, 15) is 4.79 Å². The fourth-order valence-corrected chi connectivity index (χ4v) is 2.56. The number of nitrogens with one attached hydrogen (secondary N) is 1. The van der Waals surface area contributed by atoms with Crippen LogP contribution in [0, 0.1) is 11.8 Å². The maximum absolute atomic E-state index is 12.2. The Morgan fingerprint density at radius 1 is 1.33 bits per heavy atom. The van der Waals surface area contributed by atoms with E-state index in [1.807, 2.05) is 0 Å². The molecule has 0 heterocycles. The molecule has 21 heavy (non-hydrogen) atoms. The van der Waals surface area contributed by atoms with Gasteiger partial charge in [-0.1, -0.05) is 11.8 Å². The van der Waals surface area contributed by atoms with Gasteiger partial charge in [0.2, 0.25) is 0 Å². The topological polar surface area (TPSA) is 52.6 Å². The van der Waals surface area contributed by atoms with E-state index in [1.54, 1.807) is 24.3 Å². The van der Waals surface area contributed by atoms with Crippen molar-refractivity contribution in [3.63, 3.8) is 0 Å². The molecule has 112 valence electrons. The molecule has 1 saturated carbocycles.